The molecular formula is C16H22ClFN2O. The Hall–Kier alpha value is -1.13. The Morgan fingerprint density at radius 1 is 1.29 bits per heavy atom. The molecule has 1 aliphatic heterocycles. The van der Waals surface area contributed by atoms with Gasteiger partial charge in [-0.15, -0.1) is 0 Å². The summed E-state index contributed by atoms with van der Waals surface area (Å²) < 4.78 is 13.6. The fourth-order valence-electron chi connectivity index (χ4n) is 2.64. The van der Waals surface area contributed by atoms with Crippen LogP contribution in [0.3, 0.4) is 0 Å². The van der Waals surface area contributed by atoms with Gasteiger partial charge >= 0.3 is 0 Å². The number of carbonyl (C=O) groups excluding carboxylic acids is 1. The predicted octanol–water partition coefficient (Wildman–Crippen LogP) is 3.01. The maximum atomic E-state index is 13.6. The molecule has 1 saturated heterocycles. The van der Waals surface area contributed by atoms with Gasteiger partial charge in [0.25, 0.3) is 0 Å². The van der Waals surface area contributed by atoms with E-state index < -0.39 is 5.82 Å². The molecule has 0 aliphatic carbocycles. The van der Waals surface area contributed by atoms with Gasteiger partial charge in [0.15, 0.2) is 0 Å². The number of amides is 1. The first kappa shape index (κ1) is 16.2. The molecule has 1 N–H and O–H groups in total. The van der Waals surface area contributed by atoms with Crippen molar-refractivity contribution >= 4 is 17.5 Å². The zero-order valence-electron chi connectivity index (χ0n) is 12.2. The minimum atomic E-state index is -0.425. The Balaban J connectivity index is 1.67. The highest BCUT2D eigenvalue weighted by Crippen LogP contribution is 2.19. The molecule has 0 bridgehead atoms. The van der Waals surface area contributed by atoms with Crippen LogP contribution in [0.4, 0.5) is 4.39 Å². The van der Waals surface area contributed by atoms with E-state index in [0.29, 0.717) is 11.6 Å². The molecule has 21 heavy (non-hydrogen) atoms. The van der Waals surface area contributed by atoms with Crippen molar-refractivity contribution in [1.29, 1.82) is 0 Å². The maximum Gasteiger partial charge on any atom is 0.224 e. The molecule has 1 heterocycles. The summed E-state index contributed by atoms with van der Waals surface area (Å²) >= 11 is 5.91. The van der Waals surface area contributed by atoms with E-state index in [4.69, 9.17) is 11.6 Å². The van der Waals surface area contributed by atoms with Crippen molar-refractivity contribution in [1.82, 2.24) is 10.2 Å². The molecule has 116 valence electrons. The van der Waals surface area contributed by atoms with Crippen LogP contribution in [0.15, 0.2) is 18.2 Å². The second-order valence-corrected chi connectivity index (χ2v) is 5.89. The van der Waals surface area contributed by atoms with E-state index in [1.807, 2.05) is 0 Å². The number of nitrogens with one attached hydrogen (secondary N) is 1. The number of nitrogens with zero attached hydrogens (tertiary/aromatic N) is 1. The first-order chi connectivity index (χ1) is 10.2. The third-order valence-corrected chi connectivity index (χ3v) is 4.18. The van der Waals surface area contributed by atoms with Gasteiger partial charge in [-0.25, -0.2) is 4.39 Å². The third-order valence-electron chi connectivity index (χ3n) is 3.82. The highest BCUT2D eigenvalue weighted by atomic mass is 35.5. The molecule has 1 aliphatic rings. The largest absolute Gasteiger partial charge is 0.356 e. The molecule has 0 unspecified atom stereocenters. The summed E-state index contributed by atoms with van der Waals surface area (Å²) in [6, 6.07) is 4.46. The van der Waals surface area contributed by atoms with E-state index in [9.17, 15) is 9.18 Å². The van der Waals surface area contributed by atoms with Crippen LogP contribution in [0.5, 0.6) is 0 Å². The number of likely N-dealkylation sites (tertiary alicyclic amines) is 1. The van der Waals surface area contributed by atoms with Crippen molar-refractivity contribution in [2.24, 2.45) is 0 Å². The van der Waals surface area contributed by atoms with Gasteiger partial charge in [-0.1, -0.05) is 24.1 Å². The molecule has 1 fully saturated rings. The van der Waals surface area contributed by atoms with Crippen LogP contribution in [0.1, 0.15) is 31.2 Å². The van der Waals surface area contributed by atoms with Crippen LogP contribution in [0.25, 0.3) is 0 Å². The molecule has 1 aromatic carbocycles. The van der Waals surface area contributed by atoms with Crippen LogP contribution in [-0.4, -0.2) is 37.0 Å². The van der Waals surface area contributed by atoms with E-state index in [1.54, 1.807) is 6.07 Å². The Kier molecular flexibility index (Phi) is 6.46. The van der Waals surface area contributed by atoms with Crippen molar-refractivity contribution in [3.05, 3.63) is 34.6 Å². The van der Waals surface area contributed by atoms with Crippen LogP contribution in [0, 0.1) is 5.82 Å². The van der Waals surface area contributed by atoms with Crippen molar-refractivity contribution < 1.29 is 9.18 Å². The second kappa shape index (κ2) is 8.35. The Labute approximate surface area is 130 Å². The molecule has 1 aromatic rings. The van der Waals surface area contributed by atoms with Crippen LogP contribution >= 0.6 is 11.6 Å². The summed E-state index contributed by atoms with van der Waals surface area (Å²) in [5.41, 5.74) is 0.271. The molecule has 0 atom stereocenters. The predicted molar refractivity (Wildman–Crippen MR) is 83.0 cm³/mol. The Bertz CT molecular complexity index is 455. The summed E-state index contributed by atoms with van der Waals surface area (Å²) in [6.45, 7) is 3.97. The monoisotopic (exact) mass is 312 g/mol. The van der Waals surface area contributed by atoms with Gasteiger partial charge in [0.2, 0.25) is 5.91 Å². The molecule has 5 heteroatoms. The fraction of sp³-hybridized carbons (Fsp3) is 0.562. The molecule has 0 saturated carbocycles. The average Bonchev–Trinajstić information content (AvgIpc) is 2.49. The number of halogens is 2. The van der Waals surface area contributed by atoms with Gasteiger partial charge in [0.05, 0.1) is 6.42 Å². The zero-order valence-corrected chi connectivity index (χ0v) is 13.0. The number of piperidine rings is 1. The van der Waals surface area contributed by atoms with Crippen LogP contribution in [0.2, 0.25) is 5.02 Å². The average molecular weight is 313 g/mol. The van der Waals surface area contributed by atoms with E-state index in [0.717, 1.165) is 13.0 Å². The number of hydrogen-bond acceptors (Lipinski definition) is 2. The maximum absolute atomic E-state index is 13.6. The van der Waals surface area contributed by atoms with Gasteiger partial charge < -0.3 is 10.2 Å². The van der Waals surface area contributed by atoms with Gasteiger partial charge in [-0.3, -0.25) is 4.79 Å². The van der Waals surface area contributed by atoms with E-state index >= 15 is 0 Å². The van der Waals surface area contributed by atoms with Gasteiger partial charge in [-0.05, 0) is 51.0 Å². The number of carbonyl (C=O) groups is 1. The van der Waals surface area contributed by atoms with Crippen LogP contribution in [-0.2, 0) is 11.2 Å². The topological polar surface area (TPSA) is 32.3 Å². The first-order valence-corrected chi connectivity index (χ1v) is 7.96. The van der Waals surface area contributed by atoms with Gasteiger partial charge in [0, 0.05) is 17.1 Å². The van der Waals surface area contributed by atoms with Crippen molar-refractivity contribution in [3.8, 4) is 0 Å². The quantitative estimate of drug-likeness (QED) is 0.819. The lowest BCUT2D eigenvalue weighted by Gasteiger charge is -2.26. The molecule has 3 nitrogen and oxygen atoms in total. The standard InChI is InChI=1S/C16H22ClFN2O/c17-14-6-4-7-15(18)13(14)12-16(21)19-8-5-11-20-9-2-1-3-10-20/h4,6-7H,1-3,5,8-12H2,(H,19,21). The molecule has 1 amide bonds. The summed E-state index contributed by atoms with van der Waals surface area (Å²) in [6.07, 6.45) is 4.80. The lowest BCUT2D eigenvalue weighted by atomic mass is 10.1. The van der Waals surface area contributed by atoms with Crippen molar-refractivity contribution in [2.45, 2.75) is 32.1 Å². The highest BCUT2D eigenvalue weighted by molar-refractivity contribution is 6.31. The molecular weight excluding hydrogens is 291 g/mol. The van der Waals surface area contributed by atoms with Gasteiger partial charge in [0.1, 0.15) is 5.82 Å². The second-order valence-electron chi connectivity index (χ2n) is 5.48. The van der Waals surface area contributed by atoms with E-state index in [-0.39, 0.29) is 17.9 Å². The smallest absolute Gasteiger partial charge is 0.224 e. The van der Waals surface area contributed by atoms with E-state index in [2.05, 4.69) is 10.2 Å². The molecule has 0 radical (unpaired) electrons. The SMILES string of the molecule is O=C(Cc1c(F)cccc1Cl)NCCCN1CCCCC1. The molecule has 0 aromatic heterocycles. The lowest BCUT2D eigenvalue weighted by molar-refractivity contribution is -0.120. The first-order valence-electron chi connectivity index (χ1n) is 7.59. The van der Waals surface area contributed by atoms with Crippen LogP contribution < -0.4 is 5.32 Å². The Morgan fingerprint density at radius 3 is 2.76 bits per heavy atom. The summed E-state index contributed by atoms with van der Waals surface area (Å²) in [4.78, 5) is 14.3. The molecule has 2 rings (SSSR count). The summed E-state index contributed by atoms with van der Waals surface area (Å²) in [5, 5.41) is 3.14. The fourth-order valence-corrected chi connectivity index (χ4v) is 2.87. The van der Waals surface area contributed by atoms with Gasteiger partial charge in [-0.2, -0.15) is 0 Å². The summed E-state index contributed by atoms with van der Waals surface area (Å²) in [7, 11) is 0. The number of benzene rings is 1. The number of rotatable bonds is 6. The number of hydrogen-bond donors (Lipinski definition) is 1. The summed E-state index contributed by atoms with van der Waals surface area (Å²) in [5.74, 6) is -0.605. The minimum absolute atomic E-state index is 0.00474. The van der Waals surface area contributed by atoms with Crippen molar-refractivity contribution in [3.63, 3.8) is 0 Å². The normalized spacial score (nSPS) is 15.9. The highest BCUT2D eigenvalue weighted by Gasteiger charge is 2.12. The molecule has 0 spiro atoms. The van der Waals surface area contributed by atoms with E-state index in [1.165, 1.54) is 44.5 Å². The Morgan fingerprint density at radius 2 is 2.05 bits per heavy atom. The lowest BCUT2D eigenvalue weighted by Crippen LogP contribution is -2.33. The van der Waals surface area contributed by atoms with Crippen molar-refractivity contribution in [2.75, 3.05) is 26.2 Å². The minimum Gasteiger partial charge on any atom is -0.356 e. The zero-order chi connectivity index (χ0) is 15.1. The third kappa shape index (κ3) is 5.29.